The van der Waals surface area contributed by atoms with Crippen molar-refractivity contribution in [3.05, 3.63) is 81.9 Å². The second kappa shape index (κ2) is 8.06. The Kier molecular flexibility index (Phi) is 5.37. The van der Waals surface area contributed by atoms with Crippen LogP contribution in [-0.4, -0.2) is 20.6 Å². The average Bonchev–Trinajstić information content (AvgIpc) is 3.40. The van der Waals surface area contributed by atoms with E-state index in [0.29, 0.717) is 25.3 Å². The van der Waals surface area contributed by atoms with Crippen LogP contribution in [0.15, 0.2) is 53.5 Å². The van der Waals surface area contributed by atoms with Crippen LogP contribution >= 0.6 is 0 Å². The number of benzene rings is 1. The first-order chi connectivity index (χ1) is 16.4. The number of nitrogens with zero attached hydrogens (tertiary/aromatic N) is 4. The molecule has 0 amide bonds. The van der Waals surface area contributed by atoms with Crippen LogP contribution in [0.25, 0.3) is 5.69 Å². The summed E-state index contributed by atoms with van der Waals surface area (Å²) >= 11 is 0. The number of halogens is 7. The van der Waals surface area contributed by atoms with E-state index in [1.165, 1.54) is 33.9 Å². The molecule has 2 bridgehead atoms. The highest BCUT2D eigenvalue weighted by Gasteiger charge is 2.50. The highest BCUT2D eigenvalue weighted by molar-refractivity contribution is 5.50. The zero-order valence-corrected chi connectivity index (χ0v) is 17.8. The molecular weight excluding hydrogens is 481 g/mol. The molecule has 2 fully saturated rings. The zero-order valence-electron chi connectivity index (χ0n) is 17.8. The van der Waals surface area contributed by atoms with Gasteiger partial charge < -0.3 is 4.90 Å². The number of hydrogen-bond acceptors (Lipinski definition) is 4. The Morgan fingerprint density at radius 3 is 2.29 bits per heavy atom. The van der Waals surface area contributed by atoms with Crippen LogP contribution in [0, 0.1) is 11.7 Å². The number of anilines is 1. The molecule has 1 saturated heterocycles. The lowest BCUT2D eigenvalue weighted by Gasteiger charge is -2.37. The molecule has 5 rings (SSSR count). The van der Waals surface area contributed by atoms with Gasteiger partial charge in [0, 0.05) is 18.3 Å². The monoisotopic (exact) mass is 498 g/mol. The molecule has 3 aromatic rings. The van der Waals surface area contributed by atoms with Crippen LogP contribution in [0.1, 0.15) is 42.4 Å². The summed E-state index contributed by atoms with van der Waals surface area (Å²) in [6.45, 7) is 0. The molecule has 35 heavy (non-hydrogen) atoms. The number of piperidine rings is 1. The molecule has 1 saturated carbocycles. The third-order valence-corrected chi connectivity index (χ3v) is 6.50. The van der Waals surface area contributed by atoms with E-state index >= 15 is 0 Å². The summed E-state index contributed by atoms with van der Waals surface area (Å²) in [6.07, 6.45) is -7.17. The van der Waals surface area contributed by atoms with Crippen LogP contribution in [0.3, 0.4) is 0 Å². The molecular formula is C23H17F7N4O. The quantitative estimate of drug-likeness (QED) is 0.446. The van der Waals surface area contributed by atoms with E-state index in [9.17, 15) is 35.5 Å². The number of alkyl halides is 6. The van der Waals surface area contributed by atoms with Gasteiger partial charge in [-0.25, -0.2) is 14.4 Å². The number of aromatic nitrogens is 3. The zero-order chi connectivity index (χ0) is 25.1. The first kappa shape index (κ1) is 23.3. The summed E-state index contributed by atoms with van der Waals surface area (Å²) in [6, 6.07) is 5.57. The average molecular weight is 498 g/mol. The van der Waals surface area contributed by atoms with Crippen LogP contribution < -0.4 is 10.5 Å². The van der Waals surface area contributed by atoms with Gasteiger partial charge in [-0.15, -0.1) is 0 Å². The highest BCUT2D eigenvalue weighted by Crippen LogP contribution is 2.52. The summed E-state index contributed by atoms with van der Waals surface area (Å²) in [4.78, 5) is 22.1. The summed E-state index contributed by atoms with van der Waals surface area (Å²) in [5, 5.41) is 0. The van der Waals surface area contributed by atoms with Crippen LogP contribution in [0.2, 0.25) is 0 Å². The summed E-state index contributed by atoms with van der Waals surface area (Å²) in [7, 11) is 0. The Morgan fingerprint density at radius 1 is 0.914 bits per heavy atom. The van der Waals surface area contributed by atoms with Gasteiger partial charge in [-0.3, -0.25) is 9.36 Å². The Hall–Kier alpha value is -3.44. The third kappa shape index (κ3) is 4.14. The standard InChI is InChI=1S/C23H17F7N4O/c24-14-2-5-15(6-3-14)34-19(35)7-8-31-21(34)20-12-1-4-16(9-12)33(20)18-11-13(22(25,26)27)10-17(32-18)23(28,29)30/h2-3,5-8,10-12,16,20H,1,4,9H2/t12-,16+,20-/m0/s1. The van der Waals surface area contributed by atoms with E-state index in [4.69, 9.17) is 0 Å². The third-order valence-electron chi connectivity index (χ3n) is 6.50. The van der Waals surface area contributed by atoms with Crippen molar-refractivity contribution in [1.29, 1.82) is 0 Å². The van der Waals surface area contributed by atoms with Gasteiger partial charge in [0.05, 0.1) is 17.3 Å². The molecule has 12 heteroatoms. The molecule has 0 unspecified atom stereocenters. The Morgan fingerprint density at radius 2 is 1.63 bits per heavy atom. The molecule has 3 heterocycles. The number of rotatable bonds is 3. The van der Waals surface area contributed by atoms with E-state index < -0.39 is 46.8 Å². The van der Waals surface area contributed by atoms with E-state index in [1.54, 1.807) is 0 Å². The predicted octanol–water partition coefficient (Wildman–Crippen LogP) is 5.53. The largest absolute Gasteiger partial charge is 0.433 e. The molecule has 5 nitrogen and oxygen atoms in total. The second-order valence-electron chi connectivity index (χ2n) is 8.63. The van der Waals surface area contributed by atoms with Crippen molar-refractivity contribution in [3.63, 3.8) is 0 Å². The summed E-state index contributed by atoms with van der Waals surface area (Å²) < 4.78 is 95.6. The summed E-state index contributed by atoms with van der Waals surface area (Å²) in [5.74, 6) is -1.05. The molecule has 3 atom stereocenters. The minimum Gasteiger partial charge on any atom is -0.343 e. The fraction of sp³-hybridized carbons (Fsp3) is 0.348. The molecule has 1 aliphatic heterocycles. The van der Waals surface area contributed by atoms with E-state index in [1.807, 2.05) is 0 Å². The van der Waals surface area contributed by atoms with Crippen LogP contribution in [0.5, 0.6) is 0 Å². The van der Waals surface area contributed by atoms with Gasteiger partial charge in [-0.2, -0.15) is 26.3 Å². The molecule has 2 aliphatic rings. The Labute approximate surface area is 193 Å². The maximum atomic E-state index is 13.5. The number of pyridine rings is 1. The van der Waals surface area contributed by atoms with Crippen molar-refractivity contribution in [2.24, 2.45) is 5.92 Å². The van der Waals surface area contributed by atoms with E-state index in [2.05, 4.69) is 9.97 Å². The van der Waals surface area contributed by atoms with Crippen molar-refractivity contribution in [2.45, 2.75) is 43.7 Å². The van der Waals surface area contributed by atoms with Crippen molar-refractivity contribution >= 4 is 5.82 Å². The van der Waals surface area contributed by atoms with Gasteiger partial charge in [0.25, 0.3) is 5.56 Å². The fourth-order valence-corrected chi connectivity index (χ4v) is 5.09. The first-order valence-corrected chi connectivity index (χ1v) is 10.7. The predicted molar refractivity (Wildman–Crippen MR) is 110 cm³/mol. The van der Waals surface area contributed by atoms with Gasteiger partial charge in [-0.1, -0.05) is 0 Å². The minimum atomic E-state index is -5.09. The molecule has 0 spiro atoms. The SMILES string of the molecule is O=c1ccnc([C@@H]2[C@H]3CC[C@H](C3)N2c2cc(C(F)(F)F)cc(C(F)(F)F)n2)n1-c1ccc(F)cc1. The van der Waals surface area contributed by atoms with Crippen molar-refractivity contribution in [3.8, 4) is 5.69 Å². The molecule has 0 radical (unpaired) electrons. The highest BCUT2D eigenvalue weighted by atomic mass is 19.4. The molecule has 184 valence electrons. The van der Waals surface area contributed by atoms with E-state index in [0.717, 1.165) is 12.1 Å². The lowest BCUT2D eigenvalue weighted by molar-refractivity contribution is -0.145. The van der Waals surface area contributed by atoms with Gasteiger partial charge in [0.15, 0.2) is 0 Å². The maximum Gasteiger partial charge on any atom is 0.433 e. The molecule has 1 aromatic carbocycles. The van der Waals surface area contributed by atoms with Gasteiger partial charge in [0.2, 0.25) is 0 Å². The number of fused-ring (bicyclic) bond motifs is 2. The molecule has 0 N–H and O–H groups in total. The normalized spacial score (nSPS) is 22.1. The molecule has 2 aromatic heterocycles. The second-order valence-corrected chi connectivity index (χ2v) is 8.63. The lowest BCUT2D eigenvalue weighted by Crippen LogP contribution is -2.39. The van der Waals surface area contributed by atoms with E-state index in [-0.39, 0.29) is 29.5 Å². The van der Waals surface area contributed by atoms with Gasteiger partial charge >= 0.3 is 12.4 Å². The Bertz CT molecular complexity index is 1280. The molecule has 1 aliphatic carbocycles. The van der Waals surface area contributed by atoms with Crippen molar-refractivity contribution in [1.82, 2.24) is 14.5 Å². The topological polar surface area (TPSA) is 51.0 Å². The smallest absolute Gasteiger partial charge is 0.343 e. The lowest BCUT2D eigenvalue weighted by atomic mass is 9.97. The van der Waals surface area contributed by atoms with Gasteiger partial charge in [0.1, 0.15) is 23.2 Å². The van der Waals surface area contributed by atoms with Gasteiger partial charge in [-0.05, 0) is 61.6 Å². The van der Waals surface area contributed by atoms with Crippen molar-refractivity contribution < 1.29 is 30.7 Å². The Balaban J connectivity index is 1.69. The number of hydrogen-bond donors (Lipinski definition) is 0. The van der Waals surface area contributed by atoms with Crippen LogP contribution in [-0.2, 0) is 12.4 Å². The first-order valence-electron chi connectivity index (χ1n) is 10.7. The minimum absolute atomic E-state index is 0.0119. The van der Waals surface area contributed by atoms with Crippen molar-refractivity contribution in [2.75, 3.05) is 4.90 Å². The summed E-state index contributed by atoms with van der Waals surface area (Å²) in [5.41, 5.74) is -3.36. The maximum absolute atomic E-state index is 13.5. The fourth-order valence-electron chi connectivity index (χ4n) is 5.09. The van der Waals surface area contributed by atoms with Crippen LogP contribution in [0.4, 0.5) is 36.6 Å².